The van der Waals surface area contributed by atoms with Gasteiger partial charge in [0.1, 0.15) is 23.3 Å². The molecule has 0 saturated carbocycles. The van der Waals surface area contributed by atoms with Crippen LogP contribution in [0.15, 0.2) is 75.7 Å². The molecule has 0 saturated heterocycles. The van der Waals surface area contributed by atoms with Gasteiger partial charge >= 0.3 is 0 Å². The fraction of sp³-hybridized carbons (Fsp3) is 0.0667. The van der Waals surface area contributed by atoms with Crippen molar-refractivity contribution in [2.75, 3.05) is 22.1 Å². The number of anilines is 4. The van der Waals surface area contributed by atoms with Crippen LogP contribution in [-0.4, -0.2) is 11.8 Å². The number of carbonyl (C=O) groups excluding carboxylic acids is 2. The van der Waals surface area contributed by atoms with Gasteiger partial charge in [-0.15, -0.1) is 0 Å². The van der Waals surface area contributed by atoms with Crippen molar-refractivity contribution < 1.29 is 27.2 Å². The third kappa shape index (κ3) is 14.4. The summed E-state index contributed by atoms with van der Waals surface area (Å²) in [5.74, 6) is -2.57. The number of benzene rings is 4. The predicted octanol–water partition coefficient (Wildman–Crippen LogP) is 9.62. The van der Waals surface area contributed by atoms with E-state index in [1.165, 1.54) is 50.2 Å². The molecule has 4 aromatic rings. The topological polar surface area (TPSA) is 119 Å². The van der Waals surface area contributed by atoms with Gasteiger partial charge in [0.25, 0.3) is 0 Å². The van der Waals surface area contributed by atoms with Gasteiger partial charge in [-0.1, -0.05) is 37.9 Å². The predicted molar refractivity (Wildman–Crippen MR) is 184 cm³/mol. The zero-order valence-corrected chi connectivity index (χ0v) is 28.7. The van der Waals surface area contributed by atoms with Gasteiger partial charge in [0, 0.05) is 26.4 Å². The minimum Gasteiger partial charge on any atom is -0.396 e. The number of nitrogen functional groups attached to an aromatic ring is 2. The van der Waals surface area contributed by atoms with E-state index in [1.54, 1.807) is 18.2 Å². The van der Waals surface area contributed by atoms with Gasteiger partial charge in [-0.3, -0.25) is 9.59 Å². The molecule has 4 rings (SSSR count). The molecule has 8 nitrogen and oxygen atoms in total. The summed E-state index contributed by atoms with van der Waals surface area (Å²) in [6.45, 7) is 15.9. The average Bonchev–Trinajstić information content (AvgIpc) is 2.97. The van der Waals surface area contributed by atoms with Gasteiger partial charge < -0.3 is 22.1 Å². The zero-order valence-electron chi connectivity index (χ0n) is 23.4. The molecule has 6 N–H and O–H groups in total. The molecule has 0 atom stereocenters. The highest BCUT2D eigenvalue weighted by molar-refractivity contribution is 14.1. The Morgan fingerprint density at radius 3 is 1.53 bits per heavy atom. The van der Waals surface area contributed by atoms with Crippen LogP contribution in [0.2, 0.25) is 0 Å². The molecule has 0 aromatic heterocycles. The number of halogens is 7. The Labute approximate surface area is 287 Å². The molecule has 0 aliphatic rings. The van der Waals surface area contributed by atoms with E-state index in [-0.39, 0.29) is 51.8 Å². The van der Waals surface area contributed by atoms with E-state index in [0.717, 1.165) is 12.1 Å². The highest BCUT2D eigenvalue weighted by Crippen LogP contribution is 2.25. The third-order valence-corrected chi connectivity index (χ3v) is 6.67. The summed E-state index contributed by atoms with van der Waals surface area (Å²) in [6, 6.07) is 15.6. The van der Waals surface area contributed by atoms with E-state index in [0.29, 0.717) is 12.5 Å². The number of rotatable bonds is 2. The lowest BCUT2D eigenvalue weighted by molar-refractivity contribution is -0.115. The molecule has 15 heteroatoms. The maximum absolute atomic E-state index is 13.0. The van der Waals surface area contributed by atoms with Crippen LogP contribution in [0, 0.1) is 40.0 Å². The Bertz CT molecular complexity index is 1740. The molecular formula is C30H23Br2F4IN6O2. The number of carbonyl (C=O) groups is 2. The normalized spacial score (nSPS) is 9.31. The van der Waals surface area contributed by atoms with E-state index in [2.05, 4.69) is 52.2 Å². The summed E-state index contributed by atoms with van der Waals surface area (Å²) in [5, 5.41) is 4.67. The Hall–Kier alpha value is -4.19. The minimum atomic E-state index is -0.594. The van der Waals surface area contributed by atoms with Crippen LogP contribution in [-0.2, 0) is 9.59 Å². The molecule has 0 spiro atoms. The van der Waals surface area contributed by atoms with Crippen LogP contribution in [0.5, 0.6) is 0 Å². The first kappa shape index (κ1) is 38.8. The van der Waals surface area contributed by atoms with Gasteiger partial charge in [-0.25, -0.2) is 27.3 Å². The molecule has 0 bridgehead atoms. The molecule has 0 fully saturated rings. The van der Waals surface area contributed by atoms with E-state index in [4.69, 9.17) is 24.6 Å². The van der Waals surface area contributed by atoms with Crippen LogP contribution < -0.4 is 22.1 Å². The summed E-state index contributed by atoms with van der Waals surface area (Å²) >= 11 is 8.10. The SMILES string of the molecule is CC(=O)Nc1ccc(Br)cc1F.Nc1ccc(Br)cc1F.[C-]#[N+]c1cc(F)c(N)c(I)c1.[C-]#[N+]c1ccc(NC(C)=O)c(F)c1. The van der Waals surface area contributed by atoms with Gasteiger partial charge in [0.15, 0.2) is 11.4 Å². The first-order valence-corrected chi connectivity index (χ1v) is 14.7. The quantitative estimate of drug-likeness (QED) is 0.0695. The van der Waals surface area contributed by atoms with E-state index >= 15 is 0 Å². The number of nitrogens with one attached hydrogen (secondary N) is 2. The highest BCUT2D eigenvalue weighted by atomic mass is 127. The first-order valence-electron chi connectivity index (χ1n) is 12.1. The number of hydrogen-bond donors (Lipinski definition) is 4. The molecule has 0 aliphatic heterocycles. The van der Waals surface area contributed by atoms with Crippen LogP contribution in [0.4, 0.5) is 51.7 Å². The number of nitrogens with two attached hydrogens (primary N) is 2. The molecule has 0 unspecified atom stereocenters. The second kappa shape index (κ2) is 19.3. The second-order valence-electron chi connectivity index (χ2n) is 8.36. The zero-order chi connectivity index (χ0) is 34.3. The molecule has 0 aliphatic carbocycles. The maximum Gasteiger partial charge on any atom is 0.221 e. The lowest BCUT2D eigenvalue weighted by Gasteiger charge is -2.02. The fourth-order valence-corrected chi connectivity index (χ4v) is 4.03. The highest BCUT2D eigenvalue weighted by Gasteiger charge is 2.05. The van der Waals surface area contributed by atoms with Gasteiger partial charge in [0.05, 0.1) is 35.9 Å². The lowest BCUT2D eigenvalue weighted by Crippen LogP contribution is -2.07. The maximum atomic E-state index is 13.0. The van der Waals surface area contributed by atoms with Crippen molar-refractivity contribution in [3.05, 3.63) is 125 Å². The van der Waals surface area contributed by atoms with Gasteiger partial charge in [0.2, 0.25) is 11.8 Å². The van der Waals surface area contributed by atoms with Crippen molar-refractivity contribution in [3.8, 4) is 0 Å². The van der Waals surface area contributed by atoms with E-state index in [9.17, 15) is 27.2 Å². The Morgan fingerprint density at radius 2 is 1.13 bits per heavy atom. The van der Waals surface area contributed by atoms with Crippen molar-refractivity contribution >= 4 is 100 Å². The number of amides is 2. The lowest BCUT2D eigenvalue weighted by atomic mass is 10.2. The molecule has 2 amide bonds. The average molecular weight is 862 g/mol. The molecule has 234 valence electrons. The second-order valence-corrected chi connectivity index (χ2v) is 11.4. The van der Waals surface area contributed by atoms with Crippen LogP contribution in [0.3, 0.4) is 0 Å². The van der Waals surface area contributed by atoms with E-state index < -0.39 is 17.5 Å². The van der Waals surface area contributed by atoms with Crippen molar-refractivity contribution in [3.63, 3.8) is 0 Å². The summed E-state index contributed by atoms with van der Waals surface area (Å²) in [7, 11) is 0. The Balaban J connectivity index is 0.000000302. The van der Waals surface area contributed by atoms with Crippen LogP contribution >= 0.6 is 54.5 Å². The molecular weight excluding hydrogens is 839 g/mol. The number of hydrogen-bond acceptors (Lipinski definition) is 4. The number of nitrogens with zero attached hydrogens (tertiary/aromatic N) is 2. The minimum absolute atomic E-state index is 0.0971. The summed E-state index contributed by atoms with van der Waals surface area (Å²) in [6.07, 6.45) is 0. The fourth-order valence-electron chi connectivity index (χ4n) is 2.78. The molecule has 45 heavy (non-hydrogen) atoms. The summed E-state index contributed by atoms with van der Waals surface area (Å²) in [5.41, 5.74) is 11.6. The van der Waals surface area contributed by atoms with Gasteiger partial charge in [-0.2, -0.15) is 0 Å². The summed E-state index contributed by atoms with van der Waals surface area (Å²) < 4.78 is 53.1. The van der Waals surface area contributed by atoms with E-state index in [1.807, 2.05) is 22.6 Å². The third-order valence-electron chi connectivity index (χ3n) is 4.79. The summed E-state index contributed by atoms with van der Waals surface area (Å²) in [4.78, 5) is 27.3. The smallest absolute Gasteiger partial charge is 0.221 e. The molecule has 4 aromatic carbocycles. The monoisotopic (exact) mass is 860 g/mol. The van der Waals surface area contributed by atoms with Crippen molar-refractivity contribution in [2.45, 2.75) is 13.8 Å². The largest absolute Gasteiger partial charge is 0.396 e. The van der Waals surface area contributed by atoms with Crippen molar-refractivity contribution in [1.82, 2.24) is 0 Å². The standard InChI is InChI=1S/C9H7FN2O.C8H7BrFNO.C7H4FIN2.C6H5BrFN/c1-6(13)12-9-4-3-7(11-2)5-8(9)10;1-5(12)11-8-3-2-6(9)4-7(8)10;1-11-4-2-5(8)7(10)6(9)3-4;7-4-1-2-6(9)5(8)3-4/h3-5H,1H3,(H,12,13);2-4H,1H3,(H,11,12);2-3H,10H2;1-3H,9H2. The molecule has 0 radical (unpaired) electrons. The van der Waals surface area contributed by atoms with Crippen LogP contribution in [0.1, 0.15) is 13.8 Å². The van der Waals surface area contributed by atoms with Gasteiger partial charge in [-0.05, 0) is 83.3 Å². The Kier molecular flexibility index (Phi) is 16.6. The first-order chi connectivity index (χ1) is 21.1. The molecule has 0 heterocycles. The van der Waals surface area contributed by atoms with Crippen LogP contribution in [0.25, 0.3) is 9.69 Å². The van der Waals surface area contributed by atoms with Crippen molar-refractivity contribution in [2.24, 2.45) is 0 Å². The Morgan fingerprint density at radius 1 is 0.689 bits per heavy atom. The van der Waals surface area contributed by atoms with Crippen molar-refractivity contribution in [1.29, 1.82) is 0 Å².